The molecule has 2 unspecified atom stereocenters. The molecule has 1 aliphatic rings. The van der Waals surface area contributed by atoms with Crippen LogP contribution in [0.15, 0.2) is 16.9 Å². The molecule has 0 spiro atoms. The number of nitrogens with two attached hydrogens (primary N) is 1. The summed E-state index contributed by atoms with van der Waals surface area (Å²) >= 11 is 3.53. The summed E-state index contributed by atoms with van der Waals surface area (Å²) in [5.74, 6) is -1.24. The number of fused-ring (bicyclic) bond motifs is 1. The average Bonchev–Trinajstić information content (AvgIpc) is 2.95. The molecule has 0 saturated carbocycles. The molecular weight excluding hydrogens is 381 g/mol. The highest BCUT2D eigenvalue weighted by molar-refractivity contribution is 9.10. The first kappa shape index (κ1) is 17.0. The van der Waals surface area contributed by atoms with Crippen molar-refractivity contribution in [3.05, 3.63) is 16.9 Å². The Morgan fingerprint density at radius 2 is 2.46 bits per heavy atom. The van der Waals surface area contributed by atoms with E-state index < -0.39 is 18.7 Å². The molecule has 7 nitrogen and oxygen atoms in total. The third kappa shape index (κ3) is 3.18. The van der Waals surface area contributed by atoms with Crippen molar-refractivity contribution in [1.82, 2.24) is 9.97 Å². The zero-order valence-corrected chi connectivity index (χ0v) is 14.5. The molecule has 1 aliphatic heterocycles. The summed E-state index contributed by atoms with van der Waals surface area (Å²) in [6.07, 6.45) is 5.27. The highest BCUT2D eigenvalue weighted by Crippen LogP contribution is 2.39. The van der Waals surface area contributed by atoms with E-state index in [1.54, 1.807) is 12.4 Å². The van der Waals surface area contributed by atoms with Gasteiger partial charge in [0.05, 0.1) is 21.2 Å². The predicted molar refractivity (Wildman–Crippen MR) is 94.2 cm³/mol. The summed E-state index contributed by atoms with van der Waals surface area (Å²) in [4.78, 5) is 20.6. The van der Waals surface area contributed by atoms with Gasteiger partial charge in [0.15, 0.2) is 6.04 Å². The monoisotopic (exact) mass is 399 g/mol. The van der Waals surface area contributed by atoms with Gasteiger partial charge >= 0.3 is 5.97 Å². The highest BCUT2D eigenvalue weighted by atomic mass is 79.9. The molecule has 0 radical (unpaired) electrons. The molecule has 24 heavy (non-hydrogen) atoms. The van der Waals surface area contributed by atoms with Crippen LogP contribution in [0.1, 0.15) is 12.8 Å². The molecule has 0 bridgehead atoms. The van der Waals surface area contributed by atoms with Crippen molar-refractivity contribution in [2.75, 3.05) is 30.0 Å². The average molecular weight is 400 g/mol. The summed E-state index contributed by atoms with van der Waals surface area (Å²) in [7, 11) is 0. The lowest BCUT2D eigenvalue weighted by atomic mass is 10.1. The molecule has 2 aromatic rings. The van der Waals surface area contributed by atoms with Gasteiger partial charge in [0.2, 0.25) is 0 Å². The van der Waals surface area contributed by atoms with Crippen LogP contribution in [-0.4, -0.2) is 52.9 Å². The van der Waals surface area contributed by atoms with Crippen molar-refractivity contribution in [2.24, 2.45) is 5.73 Å². The van der Waals surface area contributed by atoms with Crippen molar-refractivity contribution in [1.29, 1.82) is 0 Å². The fourth-order valence-corrected chi connectivity index (χ4v) is 3.60. The fourth-order valence-electron chi connectivity index (χ4n) is 3.05. The molecule has 5 N–H and O–H groups in total. The topological polar surface area (TPSA) is 107 Å². The Morgan fingerprint density at radius 1 is 1.67 bits per heavy atom. The van der Waals surface area contributed by atoms with E-state index in [4.69, 9.17) is 10.8 Å². The molecule has 0 aliphatic carbocycles. The Morgan fingerprint density at radius 3 is 3.12 bits per heavy atom. The normalized spacial score (nSPS) is 19.5. The third-order valence-electron chi connectivity index (χ3n) is 4.19. The highest BCUT2D eigenvalue weighted by Gasteiger charge is 2.25. The minimum Gasteiger partial charge on any atom is -0.480 e. The second kappa shape index (κ2) is 6.94. The van der Waals surface area contributed by atoms with Gasteiger partial charge < -0.3 is 26.0 Å². The minimum atomic E-state index is -1.31. The number of hydrogen-bond acceptors (Lipinski definition) is 5. The molecule has 130 valence electrons. The van der Waals surface area contributed by atoms with Crippen LogP contribution in [0.4, 0.5) is 15.8 Å². The van der Waals surface area contributed by atoms with Gasteiger partial charge in [0, 0.05) is 31.5 Å². The largest absolute Gasteiger partial charge is 0.480 e. The number of aromatic amines is 1. The maximum atomic E-state index is 13.0. The number of carboxylic acids is 1. The van der Waals surface area contributed by atoms with Gasteiger partial charge in [-0.05, 0) is 28.8 Å². The standard InChI is InChI=1S/C15H19BrFN5O2/c16-9-5-19-14-12(13(9)22-3-1-2-8(18)7-22)11(6-20-14)21-10(4-17)15(23)24/h5-6,8,10,21H,1-4,7,18H2,(H,19,20)(H,23,24). The number of hydrogen-bond donors (Lipinski definition) is 4. The van der Waals surface area contributed by atoms with Crippen LogP contribution in [0.25, 0.3) is 11.0 Å². The van der Waals surface area contributed by atoms with Crippen molar-refractivity contribution < 1.29 is 14.3 Å². The van der Waals surface area contributed by atoms with Gasteiger partial charge in [-0.3, -0.25) is 0 Å². The van der Waals surface area contributed by atoms with Gasteiger partial charge in [-0.15, -0.1) is 0 Å². The third-order valence-corrected chi connectivity index (χ3v) is 4.77. The number of H-pyrrole nitrogens is 1. The first-order valence-electron chi connectivity index (χ1n) is 7.72. The fraction of sp³-hybridized carbons (Fsp3) is 0.467. The number of carboxylic acid groups (broad SMARTS) is 1. The summed E-state index contributed by atoms with van der Waals surface area (Å²) in [5, 5.41) is 12.6. The summed E-state index contributed by atoms with van der Waals surface area (Å²) < 4.78 is 13.8. The van der Waals surface area contributed by atoms with E-state index in [1.807, 2.05) is 0 Å². The lowest BCUT2D eigenvalue weighted by molar-refractivity contribution is -0.138. The van der Waals surface area contributed by atoms with E-state index >= 15 is 0 Å². The smallest absolute Gasteiger partial charge is 0.328 e. The Bertz CT molecular complexity index is 753. The lowest BCUT2D eigenvalue weighted by Gasteiger charge is -2.33. The van der Waals surface area contributed by atoms with Gasteiger partial charge in [-0.1, -0.05) is 0 Å². The lowest BCUT2D eigenvalue weighted by Crippen LogP contribution is -2.43. The summed E-state index contributed by atoms with van der Waals surface area (Å²) in [6.45, 7) is 0.544. The Balaban J connectivity index is 2.05. The minimum absolute atomic E-state index is 0.0850. The van der Waals surface area contributed by atoms with E-state index in [2.05, 4.69) is 36.1 Å². The second-order valence-electron chi connectivity index (χ2n) is 5.92. The quantitative estimate of drug-likeness (QED) is 0.613. The number of carbonyl (C=O) groups is 1. The predicted octanol–water partition coefficient (Wildman–Crippen LogP) is 2.09. The van der Waals surface area contributed by atoms with Crippen molar-refractivity contribution in [3.8, 4) is 0 Å². The number of pyridine rings is 1. The zero-order chi connectivity index (χ0) is 17.3. The van der Waals surface area contributed by atoms with Crippen LogP contribution < -0.4 is 16.0 Å². The molecule has 2 atom stereocenters. The molecule has 0 amide bonds. The first-order valence-corrected chi connectivity index (χ1v) is 8.52. The maximum absolute atomic E-state index is 13.0. The van der Waals surface area contributed by atoms with Crippen molar-refractivity contribution >= 4 is 44.3 Å². The molecule has 1 fully saturated rings. The summed E-state index contributed by atoms with van der Waals surface area (Å²) in [5.41, 5.74) is 8.10. The van der Waals surface area contributed by atoms with Crippen LogP contribution in [0.5, 0.6) is 0 Å². The van der Waals surface area contributed by atoms with E-state index in [-0.39, 0.29) is 6.04 Å². The second-order valence-corrected chi connectivity index (χ2v) is 6.77. The zero-order valence-electron chi connectivity index (χ0n) is 12.9. The first-order chi connectivity index (χ1) is 11.5. The molecule has 2 aromatic heterocycles. The van der Waals surface area contributed by atoms with Crippen molar-refractivity contribution in [3.63, 3.8) is 0 Å². The van der Waals surface area contributed by atoms with E-state index in [1.165, 1.54) is 0 Å². The van der Waals surface area contributed by atoms with Gasteiger partial charge in [0.25, 0.3) is 0 Å². The molecule has 1 saturated heterocycles. The molecule has 3 heterocycles. The van der Waals surface area contributed by atoms with E-state index in [0.29, 0.717) is 17.9 Å². The Kier molecular flexibility index (Phi) is 4.91. The number of nitrogens with zero attached hydrogens (tertiary/aromatic N) is 2. The van der Waals surface area contributed by atoms with Crippen LogP contribution in [0, 0.1) is 0 Å². The maximum Gasteiger partial charge on any atom is 0.328 e. The van der Waals surface area contributed by atoms with Crippen molar-refractivity contribution in [2.45, 2.75) is 24.9 Å². The molecule has 9 heteroatoms. The van der Waals surface area contributed by atoms with Gasteiger partial charge in [-0.25, -0.2) is 14.2 Å². The Labute approximate surface area is 146 Å². The Hall–Kier alpha value is -1.87. The van der Waals surface area contributed by atoms with E-state index in [0.717, 1.165) is 34.9 Å². The number of piperidine rings is 1. The number of aromatic nitrogens is 2. The number of alkyl halides is 1. The molecular formula is C15H19BrFN5O2. The van der Waals surface area contributed by atoms with Gasteiger partial charge in [0.1, 0.15) is 12.3 Å². The van der Waals surface area contributed by atoms with Crippen LogP contribution in [0.3, 0.4) is 0 Å². The number of anilines is 2. The summed E-state index contributed by atoms with van der Waals surface area (Å²) in [6, 6.07) is -1.22. The number of rotatable bonds is 5. The van der Waals surface area contributed by atoms with Crippen LogP contribution in [-0.2, 0) is 4.79 Å². The number of nitrogens with one attached hydrogen (secondary N) is 2. The number of halogens is 2. The van der Waals surface area contributed by atoms with Gasteiger partial charge in [-0.2, -0.15) is 0 Å². The number of aliphatic carboxylic acids is 1. The van der Waals surface area contributed by atoms with E-state index in [9.17, 15) is 9.18 Å². The molecule has 0 aromatic carbocycles. The van der Waals surface area contributed by atoms with Crippen LogP contribution >= 0.6 is 15.9 Å². The molecule has 3 rings (SSSR count). The van der Waals surface area contributed by atoms with Crippen LogP contribution in [0.2, 0.25) is 0 Å². The SMILES string of the molecule is NC1CCCN(c2c(Br)cnc3[nH]cc(NC(CF)C(=O)O)c23)C1.